The maximum absolute atomic E-state index is 11.0. The molecule has 2 aromatic rings. The number of carbonyl (C=O) groups is 1. The molecule has 0 radical (unpaired) electrons. The molecule has 0 fully saturated rings. The smallest absolute Gasteiger partial charge is 0.303 e. The van der Waals surface area contributed by atoms with Crippen LogP contribution in [0.25, 0.3) is 0 Å². The van der Waals surface area contributed by atoms with Crippen molar-refractivity contribution in [3.8, 4) is 11.8 Å². The molecule has 3 heteroatoms. The Hall–Kier alpha value is -2.99. The highest BCUT2D eigenvalue weighted by Crippen LogP contribution is 2.28. The van der Waals surface area contributed by atoms with Crippen LogP contribution in [0.2, 0.25) is 0 Å². The molecule has 0 aliphatic heterocycles. The first-order valence-electron chi connectivity index (χ1n) is 7.36. The quantitative estimate of drug-likeness (QED) is 0.623. The largest absolute Gasteiger partial charge is 0.450 e. The van der Waals surface area contributed by atoms with Crippen LogP contribution in [0, 0.1) is 11.8 Å². The Morgan fingerprint density at radius 1 is 1.04 bits per heavy atom. The lowest BCUT2D eigenvalue weighted by Gasteiger charge is -2.24. The lowest BCUT2D eigenvalue weighted by Crippen LogP contribution is -2.15. The lowest BCUT2D eigenvalue weighted by molar-refractivity contribution is -0.143. The van der Waals surface area contributed by atoms with E-state index in [1.807, 2.05) is 65.6 Å². The van der Waals surface area contributed by atoms with Gasteiger partial charge in [-0.3, -0.25) is 4.79 Å². The fourth-order valence-corrected chi connectivity index (χ4v) is 2.13. The van der Waals surface area contributed by atoms with E-state index in [9.17, 15) is 4.79 Å². The third-order valence-electron chi connectivity index (χ3n) is 3.06. The number of anilines is 2. The van der Waals surface area contributed by atoms with Gasteiger partial charge in [-0.05, 0) is 37.1 Å². The highest BCUT2D eigenvalue weighted by Gasteiger charge is 2.11. The summed E-state index contributed by atoms with van der Waals surface area (Å²) in [4.78, 5) is 12.9. The van der Waals surface area contributed by atoms with Gasteiger partial charge in [-0.1, -0.05) is 48.9 Å². The minimum atomic E-state index is -0.474. The van der Waals surface area contributed by atoms with Gasteiger partial charge in [0.05, 0.1) is 5.70 Å². The number of hydrogen-bond donors (Lipinski definition) is 0. The number of carbonyl (C=O) groups excluding carboxylic acids is 1. The van der Waals surface area contributed by atoms with Crippen molar-refractivity contribution in [3.63, 3.8) is 0 Å². The SMILES string of the molecule is C=C(C#C[C@H](C)OC(C)=O)N(c1ccccc1)c1ccccc1. The molecule has 116 valence electrons. The zero-order valence-corrected chi connectivity index (χ0v) is 13.3. The van der Waals surface area contributed by atoms with Crippen LogP contribution in [0.4, 0.5) is 11.4 Å². The van der Waals surface area contributed by atoms with Crippen LogP contribution < -0.4 is 4.90 Å². The molecular formula is C20H19NO2. The van der Waals surface area contributed by atoms with Gasteiger partial charge in [0.25, 0.3) is 0 Å². The molecule has 0 spiro atoms. The zero-order valence-electron chi connectivity index (χ0n) is 13.3. The molecule has 0 unspecified atom stereocenters. The molecule has 2 aromatic carbocycles. The molecule has 0 N–H and O–H groups in total. The van der Waals surface area contributed by atoms with Gasteiger partial charge in [0.15, 0.2) is 6.10 Å². The van der Waals surface area contributed by atoms with Gasteiger partial charge in [0, 0.05) is 18.3 Å². The normalized spacial score (nSPS) is 10.9. The summed E-state index contributed by atoms with van der Waals surface area (Å²) in [6.07, 6.45) is -0.474. The molecule has 3 nitrogen and oxygen atoms in total. The van der Waals surface area contributed by atoms with Crippen molar-refractivity contribution in [2.24, 2.45) is 0 Å². The van der Waals surface area contributed by atoms with Crippen LogP contribution in [0.1, 0.15) is 13.8 Å². The molecule has 0 saturated carbocycles. The average molecular weight is 305 g/mol. The number of rotatable bonds is 4. The van der Waals surface area contributed by atoms with Gasteiger partial charge in [-0.2, -0.15) is 0 Å². The molecule has 0 bridgehead atoms. The fraction of sp³-hybridized carbons (Fsp3) is 0.150. The van der Waals surface area contributed by atoms with Gasteiger partial charge >= 0.3 is 5.97 Å². The fourth-order valence-electron chi connectivity index (χ4n) is 2.13. The van der Waals surface area contributed by atoms with E-state index >= 15 is 0 Å². The van der Waals surface area contributed by atoms with E-state index in [1.54, 1.807) is 6.92 Å². The molecule has 1 atom stereocenters. The third-order valence-corrected chi connectivity index (χ3v) is 3.06. The summed E-state index contributed by atoms with van der Waals surface area (Å²) in [6, 6.07) is 19.8. The molecule has 0 saturated heterocycles. The Kier molecular flexibility index (Phi) is 5.60. The minimum Gasteiger partial charge on any atom is -0.450 e. The summed E-state index contributed by atoms with van der Waals surface area (Å²) < 4.78 is 5.02. The van der Waals surface area contributed by atoms with Crippen LogP contribution >= 0.6 is 0 Å². The second kappa shape index (κ2) is 7.86. The van der Waals surface area contributed by atoms with E-state index in [1.165, 1.54) is 6.92 Å². The van der Waals surface area contributed by atoms with Gasteiger partial charge in [-0.15, -0.1) is 0 Å². The Morgan fingerprint density at radius 2 is 1.52 bits per heavy atom. The highest BCUT2D eigenvalue weighted by atomic mass is 16.5. The summed E-state index contributed by atoms with van der Waals surface area (Å²) in [5.74, 6) is 5.54. The van der Waals surface area contributed by atoms with Crippen molar-refractivity contribution in [3.05, 3.63) is 72.9 Å². The predicted molar refractivity (Wildman–Crippen MR) is 93.2 cm³/mol. The second-order valence-electron chi connectivity index (χ2n) is 4.97. The van der Waals surface area contributed by atoms with E-state index in [4.69, 9.17) is 4.74 Å². The highest BCUT2D eigenvalue weighted by molar-refractivity contribution is 5.70. The maximum Gasteiger partial charge on any atom is 0.303 e. The maximum atomic E-state index is 11.0. The molecule has 2 rings (SSSR count). The van der Waals surface area contributed by atoms with Gasteiger partial charge < -0.3 is 9.64 Å². The van der Waals surface area contributed by atoms with Crippen LogP contribution in [0.15, 0.2) is 72.9 Å². The number of hydrogen-bond acceptors (Lipinski definition) is 3. The van der Waals surface area contributed by atoms with Crippen LogP contribution in [-0.2, 0) is 9.53 Å². The molecule has 0 amide bonds. The first kappa shape index (κ1) is 16.4. The summed E-state index contributed by atoms with van der Waals surface area (Å²) in [7, 11) is 0. The average Bonchev–Trinajstić information content (AvgIpc) is 2.55. The van der Waals surface area contributed by atoms with Gasteiger partial charge in [0.2, 0.25) is 0 Å². The Labute approximate surface area is 137 Å². The number of allylic oxidation sites excluding steroid dienone is 1. The van der Waals surface area contributed by atoms with E-state index in [0.717, 1.165) is 11.4 Å². The first-order valence-corrected chi connectivity index (χ1v) is 7.36. The lowest BCUT2D eigenvalue weighted by atomic mass is 10.2. The monoisotopic (exact) mass is 305 g/mol. The number of ether oxygens (including phenoxy) is 1. The van der Waals surface area contributed by atoms with E-state index in [0.29, 0.717) is 5.70 Å². The van der Waals surface area contributed by atoms with Crippen LogP contribution in [0.5, 0.6) is 0 Å². The Bertz CT molecular complexity index is 687. The summed E-state index contributed by atoms with van der Waals surface area (Å²) in [5, 5.41) is 0. The minimum absolute atomic E-state index is 0.347. The van der Waals surface area contributed by atoms with Crippen molar-refractivity contribution in [1.82, 2.24) is 0 Å². The molecule has 0 aromatic heterocycles. The molecule has 0 aliphatic rings. The summed E-state index contributed by atoms with van der Waals surface area (Å²) >= 11 is 0. The third kappa shape index (κ3) is 4.76. The van der Waals surface area contributed by atoms with E-state index in [-0.39, 0.29) is 5.97 Å². The number of nitrogens with zero attached hydrogens (tertiary/aromatic N) is 1. The predicted octanol–water partition coefficient (Wildman–Crippen LogP) is 4.29. The topological polar surface area (TPSA) is 29.5 Å². The first-order chi connectivity index (χ1) is 11.1. The van der Waals surface area contributed by atoms with Gasteiger partial charge in [-0.25, -0.2) is 0 Å². The number of esters is 1. The number of benzene rings is 2. The van der Waals surface area contributed by atoms with Gasteiger partial charge in [0.1, 0.15) is 0 Å². The van der Waals surface area contributed by atoms with Crippen molar-refractivity contribution >= 4 is 17.3 Å². The Morgan fingerprint density at radius 3 is 1.96 bits per heavy atom. The van der Waals surface area contributed by atoms with Crippen LogP contribution in [-0.4, -0.2) is 12.1 Å². The van der Waals surface area contributed by atoms with Crippen molar-refractivity contribution in [2.45, 2.75) is 20.0 Å². The molecule has 0 aliphatic carbocycles. The second-order valence-corrected chi connectivity index (χ2v) is 4.97. The zero-order chi connectivity index (χ0) is 16.7. The summed E-state index contributed by atoms with van der Waals surface area (Å²) in [5.41, 5.74) is 2.55. The van der Waals surface area contributed by atoms with Crippen LogP contribution in [0.3, 0.4) is 0 Å². The van der Waals surface area contributed by atoms with Crippen molar-refractivity contribution in [2.75, 3.05) is 4.90 Å². The number of para-hydroxylation sites is 2. The summed E-state index contributed by atoms with van der Waals surface area (Å²) in [6.45, 7) is 7.17. The molecule has 23 heavy (non-hydrogen) atoms. The molecular weight excluding hydrogens is 286 g/mol. The van der Waals surface area contributed by atoms with Crippen molar-refractivity contribution < 1.29 is 9.53 Å². The standard InChI is InChI=1S/C20H19NO2/c1-16(14-15-17(2)23-18(3)22)21(19-10-6-4-7-11-19)20-12-8-5-9-13-20/h4-13,17H,1H2,2-3H3/t17-/m0/s1. The Balaban J connectivity index is 2.30. The molecule has 0 heterocycles. The van der Waals surface area contributed by atoms with E-state index in [2.05, 4.69) is 18.4 Å². The van der Waals surface area contributed by atoms with E-state index < -0.39 is 6.10 Å². The van der Waals surface area contributed by atoms with Crippen molar-refractivity contribution in [1.29, 1.82) is 0 Å².